The minimum atomic E-state index is -0.502. The Morgan fingerprint density at radius 2 is 0.607 bits per heavy atom. The first-order valence-electron chi connectivity index (χ1n) is 21.3. The van der Waals surface area contributed by atoms with Crippen LogP contribution in [0, 0.1) is 0 Å². The third-order valence-electron chi connectivity index (χ3n) is 8.06. The molecule has 1 aromatic heterocycles. The minimum Gasteiger partial charge on any atom is -0.487 e. The van der Waals surface area contributed by atoms with Gasteiger partial charge in [-0.3, -0.25) is 0 Å². The van der Waals surface area contributed by atoms with Gasteiger partial charge in [-0.1, -0.05) is 12.1 Å². The summed E-state index contributed by atoms with van der Waals surface area (Å²) in [7, 11) is 3.31. The summed E-state index contributed by atoms with van der Waals surface area (Å²) in [6.45, 7) is 30.5. The zero-order chi connectivity index (χ0) is 45.1. The van der Waals surface area contributed by atoms with E-state index in [9.17, 15) is 0 Å². The van der Waals surface area contributed by atoms with Gasteiger partial charge in [0.05, 0.1) is 104 Å². The van der Waals surface area contributed by atoms with Crippen LogP contribution in [0.1, 0.15) is 94.2 Å². The molecule has 0 aliphatic carbocycles. The highest BCUT2D eigenvalue weighted by molar-refractivity contribution is 7.19. The lowest BCUT2D eigenvalue weighted by Crippen LogP contribution is -2.25. The summed E-state index contributed by atoms with van der Waals surface area (Å²) in [4.78, 5) is 1.86. The number of ether oxygens (including phenoxy) is 12. The van der Waals surface area contributed by atoms with Crippen LogP contribution in [0.5, 0.6) is 23.0 Å². The number of hydrogen-bond donors (Lipinski definition) is 0. The maximum Gasteiger partial charge on any atom is 0.132 e. The van der Waals surface area contributed by atoms with Crippen LogP contribution < -0.4 is 18.9 Å². The van der Waals surface area contributed by atoms with Crippen LogP contribution in [-0.4, -0.2) is 116 Å². The molecule has 0 radical (unpaired) electrons. The lowest BCUT2D eigenvalue weighted by molar-refractivity contribution is -0.00151. The number of thiophene rings is 1. The first-order chi connectivity index (χ1) is 28.7. The van der Waals surface area contributed by atoms with E-state index in [1.165, 1.54) is 0 Å². The van der Waals surface area contributed by atoms with Crippen molar-refractivity contribution in [3.8, 4) is 43.9 Å². The lowest BCUT2D eigenvalue weighted by Gasteiger charge is -2.27. The average molecular weight is 877 g/mol. The molecule has 346 valence electrons. The van der Waals surface area contributed by atoms with E-state index < -0.39 is 22.4 Å². The second-order valence-electron chi connectivity index (χ2n) is 18.4. The molecule has 0 saturated carbocycles. The van der Waals surface area contributed by atoms with Crippen molar-refractivity contribution in [2.45, 2.75) is 119 Å². The molecule has 0 N–H and O–H groups in total. The summed E-state index contributed by atoms with van der Waals surface area (Å²) in [6, 6.07) is 11.9. The van der Waals surface area contributed by atoms with Crippen LogP contribution in [0.4, 0.5) is 0 Å². The van der Waals surface area contributed by atoms with Gasteiger partial charge in [0, 0.05) is 35.1 Å². The highest BCUT2D eigenvalue weighted by Crippen LogP contribution is 2.54. The van der Waals surface area contributed by atoms with Gasteiger partial charge in [0.15, 0.2) is 0 Å². The molecular weight excluding hydrogens is 801 g/mol. The largest absolute Gasteiger partial charge is 0.487 e. The third-order valence-corrected chi connectivity index (χ3v) is 9.36. The van der Waals surface area contributed by atoms with Crippen LogP contribution in [0.25, 0.3) is 20.9 Å². The van der Waals surface area contributed by atoms with E-state index >= 15 is 0 Å². The van der Waals surface area contributed by atoms with Gasteiger partial charge < -0.3 is 56.8 Å². The summed E-state index contributed by atoms with van der Waals surface area (Å²) in [5, 5.41) is 0. The monoisotopic (exact) mass is 877 g/mol. The molecule has 3 rings (SSSR count). The van der Waals surface area contributed by atoms with E-state index in [-0.39, 0.29) is 13.2 Å². The van der Waals surface area contributed by atoms with Crippen molar-refractivity contribution >= 4 is 11.3 Å². The van der Waals surface area contributed by atoms with Gasteiger partial charge >= 0.3 is 0 Å². The van der Waals surface area contributed by atoms with Crippen molar-refractivity contribution in [3.63, 3.8) is 0 Å². The van der Waals surface area contributed by atoms with E-state index in [1.807, 2.05) is 119 Å². The Balaban J connectivity index is 2.25. The smallest absolute Gasteiger partial charge is 0.132 e. The van der Waals surface area contributed by atoms with Crippen molar-refractivity contribution in [1.82, 2.24) is 0 Å². The minimum absolute atomic E-state index is 0.254. The maximum absolute atomic E-state index is 6.74. The quantitative estimate of drug-likeness (QED) is 0.0648. The highest BCUT2D eigenvalue weighted by Gasteiger charge is 2.32. The van der Waals surface area contributed by atoms with Crippen molar-refractivity contribution in [2.24, 2.45) is 0 Å². The van der Waals surface area contributed by atoms with E-state index in [4.69, 9.17) is 56.8 Å². The number of benzene rings is 2. The van der Waals surface area contributed by atoms with Gasteiger partial charge in [0.1, 0.15) is 45.4 Å². The predicted octanol–water partition coefficient (Wildman–Crippen LogP) is 10.2. The number of hydrogen-bond acceptors (Lipinski definition) is 13. The summed E-state index contributed by atoms with van der Waals surface area (Å²) in [5.74, 6) is 2.77. The van der Waals surface area contributed by atoms with Crippen LogP contribution in [0.3, 0.4) is 0 Å². The van der Waals surface area contributed by atoms with Crippen molar-refractivity contribution in [2.75, 3.05) is 93.5 Å². The molecule has 0 amide bonds. The number of methoxy groups -OCH3 is 2. The number of rotatable bonds is 28. The summed E-state index contributed by atoms with van der Waals surface area (Å²) < 4.78 is 72.9. The van der Waals surface area contributed by atoms with E-state index in [0.717, 1.165) is 32.0 Å². The molecule has 61 heavy (non-hydrogen) atoms. The van der Waals surface area contributed by atoms with E-state index in [0.29, 0.717) is 102 Å². The molecule has 1 heterocycles. The predicted molar refractivity (Wildman–Crippen MR) is 243 cm³/mol. The van der Waals surface area contributed by atoms with Gasteiger partial charge in [-0.05, 0) is 107 Å². The van der Waals surface area contributed by atoms with Crippen LogP contribution in [0.2, 0.25) is 0 Å². The zero-order valence-corrected chi connectivity index (χ0v) is 40.5. The molecule has 0 atom stereocenters. The highest BCUT2D eigenvalue weighted by atomic mass is 32.1. The maximum atomic E-state index is 6.74. The standard InChI is InChI=1S/C48H76O12S/c1-45(2,3)57-37-17-15-18-38(58-46(4,5)6)41(37)43-35(33-55-31-29-53-27-25-51-23-21-49-13)36(34-56-32-30-54-28-26-52-24-22-50-14)44(61-43)42-39(59-47(7,8)9)19-16-20-40(42)60-48(10,11)12/h15-20H,21-34H2,1-14H3. The Morgan fingerprint density at radius 1 is 0.361 bits per heavy atom. The first kappa shape index (κ1) is 52.4. The average Bonchev–Trinajstić information content (AvgIpc) is 3.47. The van der Waals surface area contributed by atoms with E-state index in [1.54, 1.807) is 25.6 Å². The molecule has 0 fully saturated rings. The normalized spacial score (nSPS) is 12.6. The van der Waals surface area contributed by atoms with Gasteiger partial charge in [-0.2, -0.15) is 0 Å². The summed E-state index contributed by atoms with van der Waals surface area (Å²) in [5.41, 5.74) is 1.53. The molecule has 12 nitrogen and oxygen atoms in total. The molecule has 2 aromatic carbocycles. The summed E-state index contributed by atoms with van der Waals surface area (Å²) in [6.07, 6.45) is 0. The Hall–Kier alpha value is -2.98. The SMILES string of the molecule is COCCOCCOCCOCc1c(-c2c(OC(C)(C)C)cccc2OC(C)(C)C)sc(-c2c(OC(C)(C)C)cccc2OC(C)(C)C)c1COCCOCCOCCOC. The third kappa shape index (κ3) is 19.9. The molecule has 0 aliphatic heterocycles. The molecule has 0 saturated heterocycles. The molecular formula is C48H76O12S. The Labute approximate surface area is 370 Å². The van der Waals surface area contributed by atoms with Gasteiger partial charge in [-0.25, -0.2) is 0 Å². The van der Waals surface area contributed by atoms with E-state index in [2.05, 4.69) is 0 Å². The molecule has 0 bridgehead atoms. The Morgan fingerprint density at radius 3 is 0.852 bits per heavy atom. The fourth-order valence-electron chi connectivity index (χ4n) is 5.85. The second-order valence-corrected chi connectivity index (χ2v) is 19.4. The topological polar surface area (TPSA) is 111 Å². The first-order valence-corrected chi connectivity index (χ1v) is 22.2. The zero-order valence-electron chi connectivity index (χ0n) is 39.7. The summed E-state index contributed by atoms with van der Waals surface area (Å²) >= 11 is 1.62. The molecule has 0 aliphatic rings. The molecule has 13 heteroatoms. The Bertz CT molecular complexity index is 1500. The van der Waals surface area contributed by atoms with Gasteiger partial charge in [0.25, 0.3) is 0 Å². The van der Waals surface area contributed by atoms with Crippen molar-refractivity contribution < 1.29 is 56.8 Å². The molecule has 3 aromatic rings. The van der Waals surface area contributed by atoms with Crippen LogP contribution in [-0.2, 0) is 51.1 Å². The second kappa shape index (κ2) is 25.3. The van der Waals surface area contributed by atoms with Crippen LogP contribution >= 0.6 is 11.3 Å². The van der Waals surface area contributed by atoms with Gasteiger partial charge in [0.2, 0.25) is 0 Å². The van der Waals surface area contributed by atoms with Crippen molar-refractivity contribution in [1.29, 1.82) is 0 Å². The fraction of sp³-hybridized carbons (Fsp3) is 0.667. The van der Waals surface area contributed by atoms with Crippen LogP contribution in [0.15, 0.2) is 36.4 Å². The van der Waals surface area contributed by atoms with Crippen molar-refractivity contribution in [3.05, 3.63) is 47.5 Å². The fourth-order valence-corrected chi connectivity index (χ4v) is 7.27. The molecule has 0 spiro atoms. The lowest BCUT2D eigenvalue weighted by atomic mass is 9.99. The molecule has 0 unspecified atom stereocenters. The Kier molecular flexibility index (Phi) is 21.8. The van der Waals surface area contributed by atoms with Gasteiger partial charge in [-0.15, -0.1) is 11.3 Å².